The molecular weight excluding hydrogens is 321 g/mol. The molecule has 3 rings (SSSR count). The number of aromatic nitrogens is 2. The van der Waals surface area contributed by atoms with Gasteiger partial charge in [-0.25, -0.2) is 4.98 Å². The molecule has 1 N–H and O–H groups in total. The van der Waals surface area contributed by atoms with Gasteiger partial charge in [-0.15, -0.1) is 0 Å². The number of likely N-dealkylation sites (N-methyl/N-ethyl adjacent to an activating group) is 1. The average molecular weight is 338 g/mol. The highest BCUT2D eigenvalue weighted by molar-refractivity contribution is 6.43. The monoisotopic (exact) mass is 337 g/mol. The quantitative estimate of drug-likeness (QED) is 0.931. The molecule has 1 aromatic heterocycles. The van der Waals surface area contributed by atoms with Gasteiger partial charge >= 0.3 is 0 Å². The maximum absolute atomic E-state index is 6.19. The molecule has 0 radical (unpaired) electrons. The van der Waals surface area contributed by atoms with Gasteiger partial charge in [0.1, 0.15) is 5.82 Å². The van der Waals surface area contributed by atoms with Gasteiger partial charge in [-0.2, -0.15) is 4.98 Å². The van der Waals surface area contributed by atoms with Crippen molar-refractivity contribution in [3.05, 3.63) is 40.5 Å². The van der Waals surface area contributed by atoms with E-state index in [0.717, 1.165) is 37.8 Å². The van der Waals surface area contributed by atoms with E-state index in [1.807, 2.05) is 18.2 Å². The first-order chi connectivity index (χ1) is 10.6. The zero-order valence-electron chi connectivity index (χ0n) is 12.3. The molecule has 0 saturated carbocycles. The van der Waals surface area contributed by atoms with E-state index in [-0.39, 0.29) is 0 Å². The lowest BCUT2D eigenvalue weighted by Crippen LogP contribution is -2.45. The molecule has 22 heavy (non-hydrogen) atoms. The lowest BCUT2D eigenvalue weighted by molar-refractivity contribution is 0.311. The number of rotatable bonds is 3. The lowest BCUT2D eigenvalue weighted by Gasteiger charge is -2.32. The van der Waals surface area contributed by atoms with Crippen LogP contribution in [0.3, 0.4) is 0 Å². The largest absolute Gasteiger partial charge is 0.339 e. The molecule has 0 amide bonds. The van der Waals surface area contributed by atoms with Crippen LogP contribution in [0.2, 0.25) is 10.0 Å². The van der Waals surface area contributed by atoms with Crippen molar-refractivity contribution in [3.63, 3.8) is 0 Å². The van der Waals surface area contributed by atoms with Crippen LogP contribution >= 0.6 is 23.2 Å². The predicted molar refractivity (Wildman–Crippen MR) is 91.5 cm³/mol. The van der Waals surface area contributed by atoms with E-state index in [1.165, 1.54) is 0 Å². The fourth-order valence-corrected chi connectivity index (χ4v) is 2.66. The topological polar surface area (TPSA) is 44.3 Å². The maximum atomic E-state index is 6.19. The summed E-state index contributed by atoms with van der Waals surface area (Å²) in [5.74, 6) is 1.43. The standard InChI is InChI=1S/C15H17Cl2N5/c1-21-7-9-22(10-8-21)15-18-6-5-13(20-15)19-12-4-2-3-11(16)14(12)17/h2-6H,7-10H2,1H3,(H,18,19,20). The maximum Gasteiger partial charge on any atom is 0.227 e. The summed E-state index contributed by atoms with van der Waals surface area (Å²) in [5, 5.41) is 4.20. The van der Waals surface area contributed by atoms with Crippen LogP contribution in [0.4, 0.5) is 17.5 Å². The number of hydrogen-bond donors (Lipinski definition) is 1. The molecule has 5 nitrogen and oxygen atoms in total. The second-order valence-corrected chi connectivity index (χ2v) is 6.04. The summed E-state index contributed by atoms with van der Waals surface area (Å²) in [7, 11) is 2.12. The van der Waals surface area contributed by atoms with E-state index in [0.29, 0.717) is 15.9 Å². The highest BCUT2D eigenvalue weighted by Gasteiger charge is 2.16. The normalized spacial score (nSPS) is 15.9. The highest BCUT2D eigenvalue weighted by atomic mass is 35.5. The summed E-state index contributed by atoms with van der Waals surface area (Å²) in [6.07, 6.45) is 1.75. The van der Waals surface area contributed by atoms with Crippen molar-refractivity contribution in [3.8, 4) is 0 Å². The molecule has 1 fully saturated rings. The Hall–Kier alpha value is -1.56. The van der Waals surface area contributed by atoms with Gasteiger partial charge in [-0.3, -0.25) is 0 Å². The summed E-state index contributed by atoms with van der Waals surface area (Å²) >= 11 is 12.2. The van der Waals surface area contributed by atoms with E-state index in [9.17, 15) is 0 Å². The first-order valence-electron chi connectivity index (χ1n) is 7.11. The minimum absolute atomic E-state index is 0.490. The third-order valence-electron chi connectivity index (χ3n) is 3.64. The molecule has 2 heterocycles. The summed E-state index contributed by atoms with van der Waals surface area (Å²) in [4.78, 5) is 13.4. The minimum atomic E-state index is 0.490. The van der Waals surface area contributed by atoms with Crippen molar-refractivity contribution < 1.29 is 0 Å². The Morgan fingerprint density at radius 1 is 1.09 bits per heavy atom. The van der Waals surface area contributed by atoms with Gasteiger partial charge in [0, 0.05) is 32.4 Å². The third kappa shape index (κ3) is 3.43. The number of nitrogens with one attached hydrogen (secondary N) is 1. The first kappa shape index (κ1) is 15.3. The zero-order chi connectivity index (χ0) is 15.5. The number of halogens is 2. The Morgan fingerprint density at radius 2 is 1.86 bits per heavy atom. The molecule has 0 atom stereocenters. The molecule has 2 aromatic rings. The molecule has 1 aromatic carbocycles. The number of anilines is 3. The van der Waals surface area contributed by atoms with Crippen LogP contribution in [0.5, 0.6) is 0 Å². The SMILES string of the molecule is CN1CCN(c2nccc(Nc3cccc(Cl)c3Cl)n2)CC1. The molecule has 0 aliphatic carbocycles. The van der Waals surface area contributed by atoms with Gasteiger partial charge in [0.2, 0.25) is 5.95 Å². The van der Waals surface area contributed by atoms with Crippen LogP contribution in [0.25, 0.3) is 0 Å². The van der Waals surface area contributed by atoms with Crippen molar-refractivity contribution in [2.75, 3.05) is 43.4 Å². The van der Waals surface area contributed by atoms with Crippen molar-refractivity contribution in [2.45, 2.75) is 0 Å². The van der Waals surface area contributed by atoms with Crippen molar-refractivity contribution >= 4 is 40.7 Å². The summed E-state index contributed by atoms with van der Waals surface area (Å²) in [6.45, 7) is 3.89. The van der Waals surface area contributed by atoms with E-state index >= 15 is 0 Å². The van der Waals surface area contributed by atoms with Gasteiger partial charge < -0.3 is 15.1 Å². The van der Waals surface area contributed by atoms with Crippen molar-refractivity contribution in [2.24, 2.45) is 0 Å². The number of piperazine rings is 1. The molecular formula is C15H17Cl2N5. The van der Waals surface area contributed by atoms with Crippen LogP contribution in [0, 0.1) is 0 Å². The lowest BCUT2D eigenvalue weighted by atomic mass is 10.3. The number of benzene rings is 1. The Bertz CT molecular complexity index is 656. The average Bonchev–Trinajstić information content (AvgIpc) is 2.53. The van der Waals surface area contributed by atoms with Crippen molar-refractivity contribution in [1.82, 2.24) is 14.9 Å². The summed E-state index contributed by atoms with van der Waals surface area (Å²) in [5.41, 5.74) is 0.734. The Labute approximate surface area is 139 Å². The fraction of sp³-hybridized carbons (Fsp3) is 0.333. The van der Waals surface area contributed by atoms with E-state index < -0.39 is 0 Å². The number of nitrogens with zero attached hydrogens (tertiary/aromatic N) is 4. The van der Waals surface area contributed by atoms with Gasteiger partial charge in [-0.05, 0) is 25.2 Å². The Balaban J connectivity index is 1.78. The van der Waals surface area contributed by atoms with Gasteiger partial charge in [0.05, 0.1) is 15.7 Å². The first-order valence-corrected chi connectivity index (χ1v) is 7.86. The van der Waals surface area contributed by atoms with Gasteiger partial charge in [-0.1, -0.05) is 29.3 Å². The summed E-state index contributed by atoms with van der Waals surface area (Å²) < 4.78 is 0. The predicted octanol–water partition coefficient (Wildman–Crippen LogP) is 3.28. The number of hydrogen-bond acceptors (Lipinski definition) is 5. The highest BCUT2D eigenvalue weighted by Crippen LogP contribution is 2.31. The summed E-state index contributed by atoms with van der Waals surface area (Å²) in [6, 6.07) is 7.28. The zero-order valence-corrected chi connectivity index (χ0v) is 13.8. The molecule has 1 saturated heterocycles. The van der Waals surface area contributed by atoms with Crippen molar-refractivity contribution in [1.29, 1.82) is 0 Å². The second-order valence-electron chi connectivity index (χ2n) is 5.26. The van der Waals surface area contributed by atoms with Gasteiger partial charge in [0.25, 0.3) is 0 Å². The Kier molecular flexibility index (Phi) is 4.66. The van der Waals surface area contributed by atoms with E-state index in [1.54, 1.807) is 12.3 Å². The van der Waals surface area contributed by atoms with Crippen LogP contribution in [0.1, 0.15) is 0 Å². The minimum Gasteiger partial charge on any atom is -0.339 e. The van der Waals surface area contributed by atoms with E-state index in [4.69, 9.17) is 23.2 Å². The third-order valence-corrected chi connectivity index (χ3v) is 4.46. The molecule has 1 aliphatic rings. The molecule has 0 unspecified atom stereocenters. The Morgan fingerprint density at radius 3 is 2.64 bits per heavy atom. The second kappa shape index (κ2) is 6.69. The van der Waals surface area contributed by atoms with Crippen LogP contribution in [-0.4, -0.2) is 48.1 Å². The van der Waals surface area contributed by atoms with E-state index in [2.05, 4.69) is 32.1 Å². The fourth-order valence-electron chi connectivity index (χ4n) is 2.32. The van der Waals surface area contributed by atoms with Gasteiger partial charge in [0.15, 0.2) is 0 Å². The molecule has 0 bridgehead atoms. The van der Waals surface area contributed by atoms with Crippen LogP contribution < -0.4 is 10.2 Å². The van der Waals surface area contributed by atoms with Crippen LogP contribution in [0.15, 0.2) is 30.5 Å². The smallest absolute Gasteiger partial charge is 0.227 e. The molecule has 116 valence electrons. The molecule has 1 aliphatic heterocycles. The molecule has 7 heteroatoms. The van der Waals surface area contributed by atoms with Crippen LogP contribution in [-0.2, 0) is 0 Å². The molecule has 0 spiro atoms.